The largest absolute Gasteiger partial charge is 0.370 e. The fourth-order valence-electron chi connectivity index (χ4n) is 4.37. The summed E-state index contributed by atoms with van der Waals surface area (Å²) in [6.07, 6.45) is 3.51. The molecule has 30 heavy (non-hydrogen) atoms. The van der Waals surface area contributed by atoms with Crippen molar-refractivity contribution in [2.75, 3.05) is 19.6 Å². The van der Waals surface area contributed by atoms with Gasteiger partial charge in [0.2, 0.25) is 0 Å². The molecule has 1 spiro atoms. The maximum absolute atomic E-state index is 14.1. The Bertz CT molecular complexity index is 896. The quantitative estimate of drug-likeness (QED) is 0.750. The van der Waals surface area contributed by atoms with E-state index in [4.69, 9.17) is 16.3 Å². The van der Waals surface area contributed by atoms with Crippen molar-refractivity contribution in [3.8, 4) is 0 Å². The number of rotatable bonds is 5. The van der Waals surface area contributed by atoms with E-state index in [1.165, 1.54) is 24.3 Å². The van der Waals surface area contributed by atoms with E-state index in [1.807, 2.05) is 0 Å². The first kappa shape index (κ1) is 21.2. The van der Waals surface area contributed by atoms with E-state index < -0.39 is 5.82 Å². The number of benzene rings is 2. The van der Waals surface area contributed by atoms with Crippen LogP contribution in [0.25, 0.3) is 0 Å². The van der Waals surface area contributed by atoms with Gasteiger partial charge in [-0.3, -0.25) is 9.69 Å². The predicted molar refractivity (Wildman–Crippen MR) is 111 cm³/mol. The number of carbonyl (C=O) groups is 1. The summed E-state index contributed by atoms with van der Waals surface area (Å²) >= 11 is 6.16. The number of piperidine rings is 1. The van der Waals surface area contributed by atoms with Crippen LogP contribution in [-0.2, 0) is 11.3 Å². The minimum Gasteiger partial charge on any atom is -0.370 e. The third-order valence-electron chi connectivity index (χ3n) is 6.13. The zero-order chi connectivity index (χ0) is 21.1. The van der Waals surface area contributed by atoms with Gasteiger partial charge < -0.3 is 10.1 Å². The number of ether oxygens (including phenoxy) is 1. The second-order valence-electron chi connectivity index (χ2n) is 8.16. The summed E-state index contributed by atoms with van der Waals surface area (Å²) in [7, 11) is 0. The van der Waals surface area contributed by atoms with E-state index in [0.717, 1.165) is 38.8 Å². The van der Waals surface area contributed by atoms with Gasteiger partial charge in [-0.25, -0.2) is 8.78 Å². The Morgan fingerprint density at radius 1 is 1.17 bits per heavy atom. The molecule has 0 saturated carbocycles. The Kier molecular flexibility index (Phi) is 6.37. The van der Waals surface area contributed by atoms with Gasteiger partial charge in [0, 0.05) is 42.3 Å². The molecule has 2 aromatic carbocycles. The molecule has 7 heteroatoms. The Morgan fingerprint density at radius 3 is 2.67 bits per heavy atom. The maximum atomic E-state index is 14.1. The second kappa shape index (κ2) is 9.00. The van der Waals surface area contributed by atoms with E-state index in [0.29, 0.717) is 29.2 Å². The molecule has 4 rings (SSSR count). The van der Waals surface area contributed by atoms with Crippen LogP contribution in [0.15, 0.2) is 42.5 Å². The highest BCUT2D eigenvalue weighted by molar-refractivity contribution is 6.31. The van der Waals surface area contributed by atoms with Gasteiger partial charge in [0.25, 0.3) is 5.91 Å². The molecule has 0 unspecified atom stereocenters. The highest BCUT2D eigenvalue weighted by Gasteiger charge is 2.42. The number of hydrogen-bond donors (Lipinski definition) is 1. The molecule has 2 aliphatic rings. The van der Waals surface area contributed by atoms with Crippen LogP contribution in [0.5, 0.6) is 0 Å². The fourth-order valence-corrected chi connectivity index (χ4v) is 4.59. The molecule has 0 aliphatic carbocycles. The first-order valence-corrected chi connectivity index (χ1v) is 10.7. The molecule has 0 radical (unpaired) electrons. The molecule has 1 amide bonds. The Balaban J connectivity index is 1.26. The molecule has 2 aromatic rings. The molecule has 160 valence electrons. The summed E-state index contributed by atoms with van der Waals surface area (Å²) in [5.41, 5.74) is 0.673. The van der Waals surface area contributed by atoms with Crippen molar-refractivity contribution in [3.05, 3.63) is 70.2 Å². The number of likely N-dealkylation sites (tertiary alicyclic amines) is 1. The molecule has 2 fully saturated rings. The lowest BCUT2D eigenvalue weighted by molar-refractivity contribution is -0.0765. The number of nitrogens with one attached hydrogen (secondary N) is 1. The normalized spacial score (nSPS) is 21.1. The van der Waals surface area contributed by atoms with Crippen LogP contribution in [0.3, 0.4) is 0 Å². The summed E-state index contributed by atoms with van der Waals surface area (Å²) in [5.74, 6) is -0.994. The van der Waals surface area contributed by atoms with Gasteiger partial charge in [-0.2, -0.15) is 0 Å². The van der Waals surface area contributed by atoms with E-state index >= 15 is 0 Å². The third kappa shape index (κ3) is 4.82. The van der Waals surface area contributed by atoms with Crippen molar-refractivity contribution in [2.24, 2.45) is 0 Å². The summed E-state index contributed by atoms with van der Waals surface area (Å²) in [6, 6.07) is 10.4. The first-order valence-electron chi connectivity index (χ1n) is 10.3. The minimum atomic E-state index is -0.429. The SMILES string of the molecule is O=C(NC[C@H]1CCC2(CCN(Cc3c(F)cccc3Cl)CC2)O1)c1cccc(F)c1. The first-order chi connectivity index (χ1) is 14.4. The molecular formula is C23H25ClF2N2O2. The molecule has 2 saturated heterocycles. The second-order valence-corrected chi connectivity index (χ2v) is 8.57. The Hall–Kier alpha value is -2.02. The van der Waals surface area contributed by atoms with Gasteiger partial charge in [-0.05, 0) is 56.0 Å². The van der Waals surface area contributed by atoms with Crippen molar-refractivity contribution < 1.29 is 18.3 Å². The number of halogens is 3. The molecule has 1 N–H and O–H groups in total. The van der Waals surface area contributed by atoms with Gasteiger partial charge in [0.1, 0.15) is 11.6 Å². The monoisotopic (exact) mass is 434 g/mol. The predicted octanol–water partition coefficient (Wildman–Crippen LogP) is 4.56. The van der Waals surface area contributed by atoms with Crippen LogP contribution in [-0.4, -0.2) is 42.1 Å². The third-order valence-corrected chi connectivity index (χ3v) is 6.48. The van der Waals surface area contributed by atoms with E-state index in [2.05, 4.69) is 10.2 Å². The Labute approximate surface area is 180 Å². The summed E-state index contributed by atoms with van der Waals surface area (Å²) in [6.45, 7) is 2.53. The zero-order valence-electron chi connectivity index (χ0n) is 16.7. The van der Waals surface area contributed by atoms with Crippen LogP contribution in [0.4, 0.5) is 8.78 Å². The van der Waals surface area contributed by atoms with Crippen molar-refractivity contribution >= 4 is 17.5 Å². The van der Waals surface area contributed by atoms with E-state index in [9.17, 15) is 13.6 Å². The lowest BCUT2D eigenvalue weighted by Crippen LogP contribution is -2.45. The Morgan fingerprint density at radius 2 is 1.93 bits per heavy atom. The van der Waals surface area contributed by atoms with Crippen LogP contribution in [0.2, 0.25) is 5.02 Å². The molecule has 2 heterocycles. The summed E-state index contributed by atoms with van der Waals surface area (Å²) < 4.78 is 33.7. The van der Waals surface area contributed by atoms with Crippen LogP contribution in [0, 0.1) is 11.6 Å². The van der Waals surface area contributed by atoms with E-state index in [1.54, 1.807) is 18.2 Å². The molecule has 0 bridgehead atoms. The average Bonchev–Trinajstić information content (AvgIpc) is 3.13. The van der Waals surface area contributed by atoms with Gasteiger partial charge in [-0.15, -0.1) is 0 Å². The number of carbonyl (C=O) groups excluding carboxylic acids is 1. The zero-order valence-corrected chi connectivity index (χ0v) is 17.4. The van der Waals surface area contributed by atoms with Crippen molar-refractivity contribution in [3.63, 3.8) is 0 Å². The lowest BCUT2D eigenvalue weighted by Gasteiger charge is -2.39. The fraction of sp³-hybridized carbons (Fsp3) is 0.435. The summed E-state index contributed by atoms with van der Waals surface area (Å²) in [5, 5.41) is 3.31. The smallest absolute Gasteiger partial charge is 0.251 e. The number of hydrogen-bond acceptors (Lipinski definition) is 3. The number of nitrogens with zero attached hydrogens (tertiary/aromatic N) is 1. The average molecular weight is 435 g/mol. The summed E-state index contributed by atoms with van der Waals surface area (Å²) in [4.78, 5) is 14.4. The molecule has 4 nitrogen and oxygen atoms in total. The van der Waals surface area contributed by atoms with Crippen LogP contribution >= 0.6 is 11.6 Å². The van der Waals surface area contributed by atoms with Crippen molar-refractivity contribution in [1.82, 2.24) is 10.2 Å². The molecule has 2 aliphatic heterocycles. The topological polar surface area (TPSA) is 41.6 Å². The highest BCUT2D eigenvalue weighted by Crippen LogP contribution is 2.39. The molecular weight excluding hydrogens is 410 g/mol. The van der Waals surface area contributed by atoms with Gasteiger partial charge in [-0.1, -0.05) is 23.7 Å². The maximum Gasteiger partial charge on any atom is 0.251 e. The van der Waals surface area contributed by atoms with Crippen LogP contribution in [0.1, 0.15) is 41.6 Å². The minimum absolute atomic E-state index is 0.0462. The lowest BCUT2D eigenvalue weighted by atomic mass is 9.88. The molecule has 1 atom stereocenters. The van der Waals surface area contributed by atoms with Crippen molar-refractivity contribution in [2.45, 2.75) is 43.9 Å². The standard InChI is InChI=1S/C23H25ClF2N2O2/c24-20-5-2-6-21(26)19(20)15-28-11-9-23(10-12-28)8-7-18(30-23)14-27-22(29)16-3-1-4-17(25)13-16/h1-6,13,18H,7-12,14-15H2,(H,27,29)/t18-/m1/s1. The molecule has 0 aromatic heterocycles. The van der Waals surface area contributed by atoms with Gasteiger partial charge in [0.15, 0.2) is 0 Å². The van der Waals surface area contributed by atoms with Crippen LogP contribution < -0.4 is 5.32 Å². The van der Waals surface area contributed by atoms with Crippen molar-refractivity contribution in [1.29, 1.82) is 0 Å². The highest BCUT2D eigenvalue weighted by atomic mass is 35.5. The van der Waals surface area contributed by atoms with Gasteiger partial charge in [0.05, 0.1) is 11.7 Å². The number of amides is 1. The van der Waals surface area contributed by atoms with Gasteiger partial charge >= 0.3 is 0 Å². The van der Waals surface area contributed by atoms with E-state index in [-0.39, 0.29) is 23.4 Å².